The van der Waals surface area contributed by atoms with Gasteiger partial charge in [-0.05, 0) is 142 Å². The van der Waals surface area contributed by atoms with Crippen molar-refractivity contribution in [3.05, 3.63) is 126 Å². The first-order chi connectivity index (χ1) is 27.2. The van der Waals surface area contributed by atoms with Crippen LogP contribution in [0.4, 0.5) is 0 Å². The Kier molecular flexibility index (Phi) is 11.6. The van der Waals surface area contributed by atoms with Gasteiger partial charge in [-0.1, -0.05) is 150 Å². The molecule has 3 nitrogen and oxygen atoms in total. The van der Waals surface area contributed by atoms with Gasteiger partial charge >= 0.3 is 8.60 Å². The first-order valence-corrected chi connectivity index (χ1v) is 22.7. The van der Waals surface area contributed by atoms with Crippen LogP contribution in [0.25, 0.3) is 32.3 Å². The predicted molar refractivity (Wildman–Crippen MR) is 232 cm³/mol. The molecule has 0 heterocycles. The van der Waals surface area contributed by atoms with Crippen molar-refractivity contribution in [1.29, 1.82) is 0 Å². The quantitative estimate of drug-likeness (QED) is 0.109. The summed E-state index contributed by atoms with van der Waals surface area (Å²) in [5.74, 6) is 4.28. The summed E-state index contributed by atoms with van der Waals surface area (Å²) < 4.78 is 20.0. The van der Waals surface area contributed by atoms with Crippen molar-refractivity contribution < 1.29 is 13.6 Å². The van der Waals surface area contributed by atoms with Gasteiger partial charge in [0.25, 0.3) is 0 Å². The van der Waals surface area contributed by atoms with E-state index < -0.39 is 8.60 Å². The lowest BCUT2D eigenvalue weighted by molar-refractivity contribution is 0.389. The van der Waals surface area contributed by atoms with Crippen LogP contribution in [0.1, 0.15) is 150 Å². The monoisotopic (exact) mass is 748 g/mol. The van der Waals surface area contributed by atoms with Gasteiger partial charge in [0.1, 0.15) is 17.2 Å². The van der Waals surface area contributed by atoms with Crippen LogP contribution in [-0.2, 0) is 0 Å². The molecule has 3 saturated carbocycles. The summed E-state index contributed by atoms with van der Waals surface area (Å²) >= 11 is 0. The van der Waals surface area contributed by atoms with Crippen LogP contribution >= 0.6 is 8.60 Å². The predicted octanol–water partition coefficient (Wildman–Crippen LogP) is 16.2. The van der Waals surface area contributed by atoms with E-state index in [1.165, 1.54) is 165 Å². The lowest BCUT2D eigenvalue weighted by Crippen LogP contribution is -2.03. The Morgan fingerprint density at radius 3 is 0.836 bits per heavy atom. The Morgan fingerprint density at radius 2 is 0.545 bits per heavy atom. The van der Waals surface area contributed by atoms with E-state index in [4.69, 9.17) is 13.6 Å². The third-order valence-corrected chi connectivity index (χ3v) is 14.1. The Bertz CT molecular complexity index is 1950. The number of benzene rings is 6. The van der Waals surface area contributed by atoms with Gasteiger partial charge in [0.2, 0.25) is 0 Å². The maximum Gasteiger partial charge on any atom is 0.530 e. The molecule has 3 fully saturated rings. The minimum Gasteiger partial charge on any atom is -0.408 e. The molecule has 0 radical (unpaired) electrons. The van der Waals surface area contributed by atoms with E-state index in [1.54, 1.807) is 0 Å². The summed E-state index contributed by atoms with van der Waals surface area (Å²) in [5.41, 5.74) is 4.44. The lowest BCUT2D eigenvalue weighted by atomic mass is 9.90. The smallest absolute Gasteiger partial charge is 0.408 e. The van der Waals surface area contributed by atoms with E-state index in [2.05, 4.69) is 109 Å². The minimum atomic E-state index is -1.81. The minimum absolute atomic E-state index is 0.674. The van der Waals surface area contributed by atoms with E-state index in [0.717, 1.165) is 17.2 Å². The summed E-state index contributed by atoms with van der Waals surface area (Å²) in [6.45, 7) is 0. The molecule has 0 amide bonds. The molecule has 3 aliphatic rings. The van der Waals surface area contributed by atoms with Crippen LogP contribution in [0, 0.1) is 0 Å². The van der Waals surface area contributed by atoms with Crippen molar-refractivity contribution in [2.24, 2.45) is 0 Å². The molecule has 0 N–H and O–H groups in total. The second-order valence-electron chi connectivity index (χ2n) is 16.9. The summed E-state index contributed by atoms with van der Waals surface area (Å²) in [7, 11) is -1.81. The van der Waals surface area contributed by atoms with Crippen molar-refractivity contribution in [1.82, 2.24) is 0 Å². The van der Waals surface area contributed by atoms with E-state index in [1.807, 2.05) is 0 Å². The fourth-order valence-electron chi connectivity index (χ4n) is 9.81. The second-order valence-corrected chi connectivity index (χ2v) is 17.9. The standard InChI is InChI=1S/C51H57O3P/c1-2-8-14-37(13-7-1)40-19-22-46-34-49(28-25-43(46)31-40)52-55(53-50-29-26-44-32-41(20-23-47(44)35-50)38-15-9-3-4-10-16-38)54-51-30-27-45-33-42(21-24-48(45)36-51)39-17-11-5-6-12-18-39/h19-39H,1-18H2. The Morgan fingerprint density at radius 1 is 0.291 bits per heavy atom. The summed E-state index contributed by atoms with van der Waals surface area (Å²) in [6.07, 6.45) is 24.1. The van der Waals surface area contributed by atoms with Crippen LogP contribution in [-0.4, -0.2) is 0 Å². The first kappa shape index (κ1) is 36.6. The molecular formula is C51H57O3P. The molecule has 55 heavy (non-hydrogen) atoms. The maximum atomic E-state index is 6.66. The van der Waals surface area contributed by atoms with Gasteiger partial charge < -0.3 is 13.6 Å². The fraction of sp³-hybridized carbons (Fsp3) is 0.412. The molecule has 0 atom stereocenters. The Balaban J connectivity index is 0.974. The molecule has 0 saturated heterocycles. The molecular weight excluding hydrogens is 692 g/mol. The van der Waals surface area contributed by atoms with Crippen LogP contribution < -0.4 is 13.6 Å². The van der Waals surface area contributed by atoms with Crippen molar-refractivity contribution in [3.8, 4) is 17.2 Å². The number of hydrogen-bond donors (Lipinski definition) is 0. The maximum absolute atomic E-state index is 6.66. The molecule has 0 aliphatic heterocycles. The largest absolute Gasteiger partial charge is 0.530 e. The van der Waals surface area contributed by atoms with Gasteiger partial charge in [0.05, 0.1) is 0 Å². The first-order valence-electron chi connectivity index (χ1n) is 21.7. The van der Waals surface area contributed by atoms with Crippen LogP contribution in [0.5, 0.6) is 17.2 Å². The fourth-order valence-corrected chi connectivity index (χ4v) is 10.8. The molecule has 4 heteroatoms. The number of fused-ring (bicyclic) bond motifs is 3. The van der Waals surface area contributed by atoms with Gasteiger partial charge in [-0.2, -0.15) is 0 Å². The van der Waals surface area contributed by atoms with Crippen molar-refractivity contribution >= 4 is 40.9 Å². The highest BCUT2D eigenvalue weighted by atomic mass is 31.2. The highest BCUT2D eigenvalue weighted by molar-refractivity contribution is 7.43. The number of hydrogen-bond acceptors (Lipinski definition) is 3. The highest BCUT2D eigenvalue weighted by Gasteiger charge is 2.23. The zero-order valence-electron chi connectivity index (χ0n) is 32.5. The van der Waals surface area contributed by atoms with Crippen LogP contribution in [0.15, 0.2) is 109 Å². The molecule has 0 spiro atoms. The van der Waals surface area contributed by atoms with Gasteiger partial charge in [0.15, 0.2) is 0 Å². The van der Waals surface area contributed by atoms with Crippen molar-refractivity contribution in [3.63, 3.8) is 0 Å². The summed E-state index contributed by atoms with van der Waals surface area (Å²) in [4.78, 5) is 0. The van der Waals surface area contributed by atoms with E-state index in [-0.39, 0.29) is 0 Å². The SMILES string of the molecule is c1cc2cc(C3CCCCCC3)ccc2cc1OP(Oc1ccc2cc(C3CCCCCC3)ccc2c1)Oc1ccc2cc(C3CCCCCC3)ccc2c1. The van der Waals surface area contributed by atoms with Crippen molar-refractivity contribution in [2.75, 3.05) is 0 Å². The van der Waals surface area contributed by atoms with Crippen LogP contribution in [0.3, 0.4) is 0 Å². The Labute approximate surface area is 329 Å². The molecule has 6 aromatic carbocycles. The van der Waals surface area contributed by atoms with E-state index in [9.17, 15) is 0 Å². The highest BCUT2D eigenvalue weighted by Crippen LogP contribution is 2.45. The molecule has 9 rings (SSSR count). The molecule has 284 valence electrons. The normalized spacial score (nSPS) is 18.3. The summed E-state index contributed by atoms with van der Waals surface area (Å²) in [5, 5.41) is 7.31. The molecule has 0 aromatic heterocycles. The van der Waals surface area contributed by atoms with Gasteiger partial charge in [0, 0.05) is 0 Å². The molecule has 6 aromatic rings. The van der Waals surface area contributed by atoms with Crippen molar-refractivity contribution in [2.45, 2.75) is 133 Å². The van der Waals surface area contributed by atoms with E-state index >= 15 is 0 Å². The number of rotatable bonds is 9. The second kappa shape index (κ2) is 17.4. The molecule has 3 aliphatic carbocycles. The van der Waals surface area contributed by atoms with Gasteiger partial charge in [-0.25, -0.2) is 0 Å². The third kappa shape index (κ3) is 8.99. The van der Waals surface area contributed by atoms with Crippen LogP contribution in [0.2, 0.25) is 0 Å². The topological polar surface area (TPSA) is 27.7 Å². The zero-order chi connectivity index (χ0) is 36.8. The average Bonchev–Trinajstić information content (AvgIpc) is 3.78. The van der Waals surface area contributed by atoms with E-state index in [0.29, 0.717) is 17.8 Å². The Hall–Kier alpha value is -4.07. The van der Waals surface area contributed by atoms with Gasteiger partial charge in [-0.3, -0.25) is 0 Å². The average molecular weight is 749 g/mol. The van der Waals surface area contributed by atoms with Gasteiger partial charge in [-0.15, -0.1) is 0 Å². The summed E-state index contributed by atoms with van der Waals surface area (Å²) in [6, 6.07) is 40.3. The molecule has 0 bridgehead atoms. The third-order valence-electron chi connectivity index (χ3n) is 13.0. The zero-order valence-corrected chi connectivity index (χ0v) is 33.4. The lowest BCUT2D eigenvalue weighted by Gasteiger charge is -2.20. The molecule has 0 unspecified atom stereocenters.